The number of anilines is 2. The number of thiophene rings is 1. The van der Waals surface area contributed by atoms with Gasteiger partial charge in [0.15, 0.2) is 11.5 Å². The Hall–Kier alpha value is -2.34. The predicted octanol–water partition coefficient (Wildman–Crippen LogP) is 4.64. The Morgan fingerprint density at radius 2 is 1.84 bits per heavy atom. The van der Waals surface area contributed by atoms with Crippen LogP contribution in [0.4, 0.5) is 11.5 Å². The van der Waals surface area contributed by atoms with Crippen LogP contribution in [0.5, 0.6) is 11.5 Å². The molecule has 130 valence electrons. The average molecular weight is 355 g/mol. The van der Waals surface area contributed by atoms with Gasteiger partial charge < -0.3 is 14.8 Å². The highest BCUT2D eigenvalue weighted by molar-refractivity contribution is 7.19. The molecule has 1 aromatic carbocycles. The van der Waals surface area contributed by atoms with E-state index in [9.17, 15) is 0 Å². The first-order valence-corrected chi connectivity index (χ1v) is 9.29. The second-order valence-corrected chi connectivity index (χ2v) is 7.29. The van der Waals surface area contributed by atoms with Crippen molar-refractivity contribution < 1.29 is 9.47 Å². The van der Waals surface area contributed by atoms with Crippen molar-refractivity contribution in [3.63, 3.8) is 0 Å². The van der Waals surface area contributed by atoms with Crippen LogP contribution >= 0.6 is 11.3 Å². The minimum absolute atomic E-state index is 0.696. The second-order valence-electron chi connectivity index (χ2n) is 6.21. The van der Waals surface area contributed by atoms with Crippen LogP contribution in [0.3, 0.4) is 0 Å². The molecule has 0 atom stereocenters. The molecule has 6 heteroatoms. The number of methoxy groups -OCH3 is 2. The van der Waals surface area contributed by atoms with Gasteiger partial charge in [-0.05, 0) is 50.3 Å². The molecular weight excluding hydrogens is 334 g/mol. The van der Waals surface area contributed by atoms with Gasteiger partial charge in [-0.15, -0.1) is 11.3 Å². The van der Waals surface area contributed by atoms with E-state index in [1.54, 1.807) is 14.2 Å². The first-order valence-electron chi connectivity index (χ1n) is 8.47. The van der Waals surface area contributed by atoms with E-state index < -0.39 is 0 Å². The summed E-state index contributed by atoms with van der Waals surface area (Å²) >= 11 is 1.82. The van der Waals surface area contributed by atoms with E-state index in [-0.39, 0.29) is 0 Å². The molecule has 0 saturated carbocycles. The molecule has 0 saturated heterocycles. The van der Waals surface area contributed by atoms with Crippen molar-refractivity contribution in [2.75, 3.05) is 19.5 Å². The largest absolute Gasteiger partial charge is 0.493 e. The lowest BCUT2D eigenvalue weighted by Gasteiger charge is -2.14. The van der Waals surface area contributed by atoms with Crippen molar-refractivity contribution in [2.45, 2.75) is 32.6 Å². The summed E-state index contributed by atoms with van der Waals surface area (Å²) in [5, 5.41) is 4.65. The quantitative estimate of drug-likeness (QED) is 0.739. The SMILES string of the molecule is COc1ccc(Nc2nc(C)nc3sc4c(c23)CCCC4)cc1OC. The van der Waals surface area contributed by atoms with E-state index in [0.717, 1.165) is 35.0 Å². The third-order valence-corrected chi connectivity index (χ3v) is 5.76. The third-order valence-electron chi connectivity index (χ3n) is 4.57. The molecule has 2 heterocycles. The van der Waals surface area contributed by atoms with Crippen molar-refractivity contribution in [2.24, 2.45) is 0 Å². The number of hydrogen-bond donors (Lipinski definition) is 1. The summed E-state index contributed by atoms with van der Waals surface area (Å²) in [5.41, 5.74) is 2.35. The normalized spacial score (nSPS) is 13.6. The molecule has 0 fully saturated rings. The number of aromatic nitrogens is 2. The van der Waals surface area contributed by atoms with E-state index in [4.69, 9.17) is 9.47 Å². The molecule has 2 aromatic heterocycles. The second kappa shape index (κ2) is 6.52. The van der Waals surface area contributed by atoms with E-state index in [1.165, 1.54) is 28.7 Å². The number of benzene rings is 1. The third kappa shape index (κ3) is 2.91. The lowest BCUT2D eigenvalue weighted by atomic mass is 9.97. The number of nitrogens with zero attached hydrogens (tertiary/aromatic N) is 2. The molecule has 0 bridgehead atoms. The minimum Gasteiger partial charge on any atom is -0.493 e. The zero-order valence-electron chi connectivity index (χ0n) is 14.7. The highest BCUT2D eigenvalue weighted by Gasteiger charge is 2.21. The standard InChI is InChI=1S/C19H21N3O2S/c1-11-20-18(22-12-8-9-14(23-2)15(10-12)24-3)17-13-6-4-5-7-16(13)25-19(17)21-11/h8-10H,4-7H2,1-3H3,(H,20,21,22). The van der Waals surface area contributed by atoms with E-state index in [1.807, 2.05) is 36.5 Å². The molecule has 1 aliphatic rings. The monoisotopic (exact) mass is 355 g/mol. The van der Waals surface area contributed by atoms with E-state index in [0.29, 0.717) is 11.5 Å². The summed E-state index contributed by atoms with van der Waals surface area (Å²) in [5.74, 6) is 3.08. The number of aryl methyl sites for hydroxylation is 3. The fourth-order valence-electron chi connectivity index (χ4n) is 3.41. The van der Waals surface area contributed by atoms with E-state index in [2.05, 4.69) is 15.3 Å². The van der Waals surface area contributed by atoms with Crippen molar-refractivity contribution >= 4 is 33.1 Å². The van der Waals surface area contributed by atoms with Crippen LogP contribution in [0.15, 0.2) is 18.2 Å². The first kappa shape index (κ1) is 16.1. The molecule has 1 aliphatic carbocycles. The molecular formula is C19H21N3O2S. The minimum atomic E-state index is 0.696. The van der Waals surface area contributed by atoms with Gasteiger partial charge in [-0.2, -0.15) is 0 Å². The van der Waals surface area contributed by atoms with Crippen molar-refractivity contribution in [1.82, 2.24) is 9.97 Å². The van der Waals surface area contributed by atoms with Gasteiger partial charge in [0.1, 0.15) is 16.5 Å². The molecule has 3 aromatic rings. The highest BCUT2D eigenvalue weighted by Crippen LogP contribution is 2.40. The summed E-state index contributed by atoms with van der Waals surface area (Å²) in [7, 11) is 3.28. The number of ether oxygens (including phenoxy) is 2. The van der Waals surface area contributed by atoms with Gasteiger partial charge in [-0.3, -0.25) is 0 Å². The number of nitrogens with one attached hydrogen (secondary N) is 1. The molecule has 1 N–H and O–H groups in total. The lowest BCUT2D eigenvalue weighted by molar-refractivity contribution is 0.355. The smallest absolute Gasteiger partial charge is 0.162 e. The maximum atomic E-state index is 5.41. The van der Waals surface area contributed by atoms with Gasteiger partial charge in [-0.25, -0.2) is 9.97 Å². The molecule has 0 aliphatic heterocycles. The van der Waals surface area contributed by atoms with Crippen molar-refractivity contribution in [3.05, 3.63) is 34.5 Å². The van der Waals surface area contributed by atoms with Gasteiger partial charge in [-0.1, -0.05) is 0 Å². The summed E-state index contributed by atoms with van der Waals surface area (Å²) in [6.45, 7) is 1.94. The Balaban J connectivity index is 1.80. The van der Waals surface area contributed by atoms with Gasteiger partial charge in [0.05, 0.1) is 19.6 Å². The Morgan fingerprint density at radius 3 is 2.64 bits per heavy atom. The fourth-order valence-corrected chi connectivity index (χ4v) is 4.71. The van der Waals surface area contributed by atoms with Gasteiger partial charge in [0.2, 0.25) is 0 Å². The summed E-state index contributed by atoms with van der Waals surface area (Å²) in [4.78, 5) is 11.9. The van der Waals surface area contributed by atoms with Crippen molar-refractivity contribution in [1.29, 1.82) is 0 Å². The highest BCUT2D eigenvalue weighted by atomic mass is 32.1. The van der Waals surface area contributed by atoms with Crippen LogP contribution in [0.1, 0.15) is 29.1 Å². The van der Waals surface area contributed by atoms with E-state index >= 15 is 0 Å². The molecule has 0 amide bonds. The van der Waals surface area contributed by atoms with Gasteiger partial charge in [0.25, 0.3) is 0 Å². The number of rotatable bonds is 4. The van der Waals surface area contributed by atoms with Crippen LogP contribution in [-0.2, 0) is 12.8 Å². The fraction of sp³-hybridized carbons (Fsp3) is 0.368. The number of fused-ring (bicyclic) bond motifs is 3. The molecule has 25 heavy (non-hydrogen) atoms. The average Bonchev–Trinajstić information content (AvgIpc) is 2.99. The van der Waals surface area contributed by atoms with Gasteiger partial charge >= 0.3 is 0 Å². The Bertz CT molecular complexity index is 936. The number of hydrogen-bond acceptors (Lipinski definition) is 6. The van der Waals surface area contributed by atoms with Crippen molar-refractivity contribution in [3.8, 4) is 11.5 Å². The Labute approximate surface area is 151 Å². The molecule has 0 radical (unpaired) electrons. The predicted molar refractivity (Wildman–Crippen MR) is 102 cm³/mol. The van der Waals surface area contributed by atoms with Crippen LogP contribution in [0, 0.1) is 6.92 Å². The van der Waals surface area contributed by atoms with Crippen LogP contribution in [0.2, 0.25) is 0 Å². The molecule has 5 nitrogen and oxygen atoms in total. The van der Waals surface area contributed by atoms with Crippen LogP contribution < -0.4 is 14.8 Å². The first-order chi connectivity index (χ1) is 12.2. The lowest BCUT2D eigenvalue weighted by Crippen LogP contribution is -2.02. The summed E-state index contributed by atoms with van der Waals surface area (Å²) in [6.07, 6.45) is 4.78. The maximum Gasteiger partial charge on any atom is 0.162 e. The molecule has 0 spiro atoms. The van der Waals surface area contributed by atoms with Crippen LogP contribution in [-0.4, -0.2) is 24.2 Å². The van der Waals surface area contributed by atoms with Gasteiger partial charge in [0, 0.05) is 16.6 Å². The molecule has 0 unspecified atom stereocenters. The summed E-state index contributed by atoms with van der Waals surface area (Å²) in [6, 6.07) is 5.81. The zero-order valence-corrected chi connectivity index (χ0v) is 15.5. The molecule has 4 rings (SSSR count). The maximum absolute atomic E-state index is 5.41. The Kier molecular flexibility index (Phi) is 4.21. The topological polar surface area (TPSA) is 56.3 Å². The summed E-state index contributed by atoms with van der Waals surface area (Å²) < 4.78 is 10.7. The zero-order chi connectivity index (χ0) is 17.4. The Morgan fingerprint density at radius 1 is 1.04 bits per heavy atom. The van der Waals surface area contributed by atoms with Crippen LogP contribution in [0.25, 0.3) is 10.2 Å².